The van der Waals surface area contributed by atoms with Crippen molar-refractivity contribution in [1.82, 2.24) is 0 Å². The minimum Gasteiger partial charge on any atom is -0.384 e. The number of aryl methyl sites for hydroxylation is 1. The number of rotatable bonds is 1. The maximum Gasteiger partial charge on any atom is 0.104 e. The summed E-state index contributed by atoms with van der Waals surface area (Å²) in [6.07, 6.45) is 1.07. The summed E-state index contributed by atoms with van der Waals surface area (Å²) in [7, 11) is 0. The van der Waals surface area contributed by atoms with Gasteiger partial charge in [-0.2, -0.15) is 11.8 Å². The molecule has 1 N–H and O–H groups in total. The zero-order chi connectivity index (χ0) is 11.8. The van der Waals surface area contributed by atoms with Gasteiger partial charge in [-0.05, 0) is 30.1 Å². The molecule has 1 aromatic carbocycles. The fourth-order valence-electron chi connectivity index (χ4n) is 2.33. The molecule has 1 heterocycles. The summed E-state index contributed by atoms with van der Waals surface area (Å²) < 4.78 is 0. The molecule has 0 aliphatic carbocycles. The Morgan fingerprint density at radius 2 is 2.06 bits per heavy atom. The largest absolute Gasteiger partial charge is 0.384 e. The third kappa shape index (κ3) is 1.89. The van der Waals surface area contributed by atoms with Crippen LogP contribution in [0.15, 0.2) is 24.3 Å². The zero-order valence-corrected chi connectivity index (χ0v) is 11.1. The lowest BCUT2D eigenvalue weighted by atomic mass is 9.70. The van der Waals surface area contributed by atoms with Crippen LogP contribution in [0.4, 0.5) is 0 Å². The van der Waals surface area contributed by atoms with Gasteiger partial charge in [0, 0.05) is 5.75 Å². The molecule has 0 aromatic heterocycles. The molecule has 1 saturated heterocycles. The lowest BCUT2D eigenvalue weighted by molar-refractivity contribution is -0.0579. The molecule has 0 amide bonds. The van der Waals surface area contributed by atoms with Gasteiger partial charge in [-0.15, -0.1) is 0 Å². The summed E-state index contributed by atoms with van der Waals surface area (Å²) in [5.41, 5.74) is 1.58. The van der Waals surface area contributed by atoms with Gasteiger partial charge in [-0.3, -0.25) is 0 Å². The van der Waals surface area contributed by atoms with Crippen LogP contribution >= 0.6 is 11.8 Å². The first kappa shape index (κ1) is 12.0. The van der Waals surface area contributed by atoms with Crippen LogP contribution in [0.25, 0.3) is 0 Å². The molecule has 1 atom stereocenters. The van der Waals surface area contributed by atoms with E-state index in [-0.39, 0.29) is 5.41 Å². The van der Waals surface area contributed by atoms with E-state index in [0.717, 1.165) is 23.5 Å². The van der Waals surface area contributed by atoms with Crippen LogP contribution in [0.2, 0.25) is 0 Å². The van der Waals surface area contributed by atoms with Crippen LogP contribution in [0.3, 0.4) is 0 Å². The van der Waals surface area contributed by atoms with Crippen molar-refractivity contribution >= 4 is 11.8 Å². The van der Waals surface area contributed by atoms with E-state index < -0.39 is 5.60 Å². The molecule has 2 heteroatoms. The molecule has 1 fully saturated rings. The van der Waals surface area contributed by atoms with Gasteiger partial charge >= 0.3 is 0 Å². The summed E-state index contributed by atoms with van der Waals surface area (Å²) in [5, 5.41) is 11.0. The Balaban J connectivity index is 2.43. The van der Waals surface area contributed by atoms with Gasteiger partial charge in [-0.25, -0.2) is 0 Å². The molecule has 1 aliphatic rings. The Morgan fingerprint density at radius 3 is 2.69 bits per heavy atom. The van der Waals surface area contributed by atoms with Gasteiger partial charge in [0.05, 0.1) is 0 Å². The fraction of sp³-hybridized carbons (Fsp3) is 0.571. The van der Waals surface area contributed by atoms with E-state index in [1.807, 2.05) is 17.8 Å². The lowest BCUT2D eigenvalue weighted by Crippen LogP contribution is -2.47. The number of benzene rings is 1. The fourth-order valence-corrected chi connectivity index (χ4v) is 3.98. The Hall–Kier alpha value is -0.470. The lowest BCUT2D eigenvalue weighted by Gasteiger charge is -2.46. The van der Waals surface area contributed by atoms with Crippen molar-refractivity contribution in [1.29, 1.82) is 0 Å². The molecule has 1 nitrogen and oxygen atoms in total. The Morgan fingerprint density at radius 1 is 1.31 bits per heavy atom. The first-order valence-corrected chi connectivity index (χ1v) is 6.98. The van der Waals surface area contributed by atoms with Gasteiger partial charge in [0.15, 0.2) is 0 Å². The Bertz CT molecular complexity index is 386. The van der Waals surface area contributed by atoms with E-state index in [1.165, 1.54) is 5.56 Å². The standard InChI is InChI=1S/C14H20OS/c1-11-5-4-6-12(9-11)14(15)10-16-8-7-13(14,2)3/h4-6,9,15H,7-8,10H2,1-3H3. The predicted octanol–water partition coefficient (Wildman–Crippen LogP) is 3.35. The van der Waals surface area contributed by atoms with Crippen molar-refractivity contribution in [3.05, 3.63) is 35.4 Å². The molecule has 0 spiro atoms. The third-order valence-corrected chi connectivity index (χ3v) is 4.91. The summed E-state index contributed by atoms with van der Waals surface area (Å²) in [6.45, 7) is 6.43. The first-order valence-electron chi connectivity index (χ1n) is 5.83. The van der Waals surface area contributed by atoms with E-state index in [9.17, 15) is 5.11 Å². The van der Waals surface area contributed by atoms with Crippen LogP contribution in [0.1, 0.15) is 31.4 Å². The maximum atomic E-state index is 11.0. The average molecular weight is 236 g/mol. The van der Waals surface area contributed by atoms with Crippen molar-refractivity contribution in [2.24, 2.45) is 5.41 Å². The molecule has 0 saturated carbocycles. The SMILES string of the molecule is Cc1cccc(C2(O)CSCCC2(C)C)c1. The number of hydrogen-bond donors (Lipinski definition) is 1. The minimum atomic E-state index is -0.679. The van der Waals surface area contributed by atoms with Gasteiger partial charge in [0.25, 0.3) is 0 Å². The van der Waals surface area contributed by atoms with Crippen LogP contribution in [0.5, 0.6) is 0 Å². The van der Waals surface area contributed by atoms with Crippen molar-refractivity contribution in [2.75, 3.05) is 11.5 Å². The molecule has 0 bridgehead atoms. The first-order chi connectivity index (χ1) is 7.46. The smallest absolute Gasteiger partial charge is 0.104 e. The molecule has 16 heavy (non-hydrogen) atoms. The molecular weight excluding hydrogens is 216 g/mol. The van der Waals surface area contributed by atoms with Gasteiger partial charge in [-0.1, -0.05) is 43.7 Å². The van der Waals surface area contributed by atoms with E-state index in [1.54, 1.807) is 0 Å². The van der Waals surface area contributed by atoms with Crippen LogP contribution < -0.4 is 0 Å². The molecule has 1 unspecified atom stereocenters. The predicted molar refractivity (Wildman–Crippen MR) is 70.8 cm³/mol. The second-order valence-corrected chi connectivity index (χ2v) is 6.52. The van der Waals surface area contributed by atoms with Gasteiger partial charge < -0.3 is 5.11 Å². The summed E-state index contributed by atoms with van der Waals surface area (Å²) in [4.78, 5) is 0. The monoisotopic (exact) mass is 236 g/mol. The summed E-state index contributed by atoms with van der Waals surface area (Å²) in [6, 6.07) is 8.29. The summed E-state index contributed by atoms with van der Waals surface area (Å²) >= 11 is 1.85. The van der Waals surface area contributed by atoms with Gasteiger partial charge in [0.2, 0.25) is 0 Å². The van der Waals surface area contributed by atoms with Crippen molar-refractivity contribution in [3.63, 3.8) is 0 Å². The summed E-state index contributed by atoms with van der Waals surface area (Å²) in [5.74, 6) is 1.96. The van der Waals surface area contributed by atoms with E-state index in [0.29, 0.717) is 0 Å². The van der Waals surface area contributed by atoms with E-state index in [4.69, 9.17) is 0 Å². The van der Waals surface area contributed by atoms with E-state index in [2.05, 4.69) is 39.0 Å². The zero-order valence-electron chi connectivity index (χ0n) is 10.3. The van der Waals surface area contributed by atoms with Crippen molar-refractivity contribution in [3.8, 4) is 0 Å². The number of aliphatic hydroxyl groups is 1. The molecule has 0 radical (unpaired) electrons. The number of hydrogen-bond acceptors (Lipinski definition) is 2. The second kappa shape index (κ2) is 4.08. The van der Waals surface area contributed by atoms with Gasteiger partial charge in [0.1, 0.15) is 5.60 Å². The molecule has 1 aliphatic heterocycles. The van der Waals surface area contributed by atoms with Crippen molar-refractivity contribution < 1.29 is 5.11 Å². The molecular formula is C14H20OS. The molecule has 88 valence electrons. The minimum absolute atomic E-state index is 0.0357. The highest BCUT2D eigenvalue weighted by Gasteiger charge is 2.46. The Labute approximate surface area is 102 Å². The van der Waals surface area contributed by atoms with Crippen LogP contribution in [0, 0.1) is 12.3 Å². The highest BCUT2D eigenvalue weighted by atomic mass is 32.2. The normalized spacial score (nSPS) is 29.0. The topological polar surface area (TPSA) is 20.2 Å². The second-order valence-electron chi connectivity index (χ2n) is 5.42. The molecule has 1 aromatic rings. The van der Waals surface area contributed by atoms with Crippen LogP contribution in [-0.4, -0.2) is 16.6 Å². The quantitative estimate of drug-likeness (QED) is 0.807. The third-order valence-electron chi connectivity index (χ3n) is 3.80. The average Bonchev–Trinajstić information content (AvgIpc) is 2.22. The maximum absolute atomic E-state index is 11.0. The van der Waals surface area contributed by atoms with Crippen molar-refractivity contribution in [2.45, 2.75) is 32.8 Å². The highest BCUT2D eigenvalue weighted by Crippen LogP contribution is 2.48. The highest BCUT2D eigenvalue weighted by molar-refractivity contribution is 7.99. The Kier molecular flexibility index (Phi) is 3.06. The van der Waals surface area contributed by atoms with E-state index >= 15 is 0 Å². The number of thioether (sulfide) groups is 1. The van der Waals surface area contributed by atoms with Crippen LogP contribution in [-0.2, 0) is 5.60 Å². The molecule has 2 rings (SSSR count).